The lowest BCUT2D eigenvalue weighted by atomic mass is 10.1. The monoisotopic (exact) mass is 118 g/mol. The van der Waals surface area contributed by atoms with E-state index in [0.717, 1.165) is 6.42 Å². The molecule has 1 aliphatic rings. The molecule has 0 heteroatoms. The van der Waals surface area contributed by atoms with Crippen LogP contribution in [-0.2, 0) is 0 Å². The summed E-state index contributed by atoms with van der Waals surface area (Å²) in [6.07, 6.45) is 9.13. The van der Waals surface area contributed by atoms with Crippen molar-refractivity contribution < 1.29 is 0 Å². The highest BCUT2D eigenvalue weighted by Crippen LogP contribution is 2.01. The van der Waals surface area contributed by atoms with Crippen molar-refractivity contribution in [3.05, 3.63) is 24.3 Å². The first-order valence-electron chi connectivity index (χ1n) is 3.22. The van der Waals surface area contributed by atoms with E-state index in [4.69, 9.17) is 0 Å². The molecule has 1 rings (SSSR count). The molecule has 0 saturated carbocycles. The molecule has 0 fully saturated rings. The van der Waals surface area contributed by atoms with Gasteiger partial charge in [0.05, 0.1) is 0 Å². The number of rotatable bonds is 0. The molecule has 0 amide bonds. The molecular formula is C9H10. The number of allylic oxidation sites excluding steroid dienone is 4. The average molecular weight is 118 g/mol. The van der Waals surface area contributed by atoms with Gasteiger partial charge < -0.3 is 0 Å². The topological polar surface area (TPSA) is 0 Å². The van der Waals surface area contributed by atoms with E-state index in [2.05, 4.69) is 24.8 Å². The van der Waals surface area contributed by atoms with E-state index < -0.39 is 0 Å². The molecule has 1 atom stereocenters. The van der Waals surface area contributed by atoms with E-state index in [1.807, 2.05) is 18.2 Å². The van der Waals surface area contributed by atoms with Gasteiger partial charge in [-0.25, -0.2) is 0 Å². The fraction of sp³-hybridized carbons (Fsp3) is 0.333. The van der Waals surface area contributed by atoms with E-state index in [-0.39, 0.29) is 0 Å². The predicted molar refractivity (Wildman–Crippen MR) is 39.8 cm³/mol. The van der Waals surface area contributed by atoms with Crippen molar-refractivity contribution in [3.63, 3.8) is 0 Å². The molecule has 0 unspecified atom stereocenters. The van der Waals surface area contributed by atoms with Gasteiger partial charge in [0.1, 0.15) is 0 Å². The zero-order chi connectivity index (χ0) is 6.53. The Labute approximate surface area is 56.3 Å². The van der Waals surface area contributed by atoms with Crippen molar-refractivity contribution >= 4 is 0 Å². The summed E-state index contributed by atoms with van der Waals surface area (Å²) in [5.74, 6) is 6.57. The lowest BCUT2D eigenvalue weighted by Crippen LogP contribution is -1.86. The second kappa shape index (κ2) is 3.14. The molecule has 1 aliphatic carbocycles. The molecule has 0 aromatic rings. The Morgan fingerprint density at radius 1 is 1.44 bits per heavy atom. The summed E-state index contributed by atoms with van der Waals surface area (Å²) in [7, 11) is 0. The van der Waals surface area contributed by atoms with Gasteiger partial charge in [0.25, 0.3) is 0 Å². The summed E-state index contributed by atoms with van der Waals surface area (Å²) < 4.78 is 0. The van der Waals surface area contributed by atoms with Gasteiger partial charge in [-0.05, 0) is 12.5 Å². The SMILES string of the molecule is C[C@@H]1C#C/C=C\C=C/C1. The van der Waals surface area contributed by atoms with Gasteiger partial charge in [0.15, 0.2) is 0 Å². The molecule has 0 nitrogen and oxygen atoms in total. The van der Waals surface area contributed by atoms with E-state index in [1.54, 1.807) is 0 Å². The third-order valence-electron chi connectivity index (χ3n) is 1.25. The normalized spacial score (nSPS) is 31.0. The molecule has 0 aromatic heterocycles. The maximum Gasteiger partial charge on any atom is 0.0212 e. The minimum atomic E-state index is 0.520. The van der Waals surface area contributed by atoms with Gasteiger partial charge in [0, 0.05) is 5.92 Å². The van der Waals surface area contributed by atoms with Crippen LogP contribution in [0.5, 0.6) is 0 Å². The van der Waals surface area contributed by atoms with Gasteiger partial charge in [-0.3, -0.25) is 0 Å². The third-order valence-corrected chi connectivity index (χ3v) is 1.25. The van der Waals surface area contributed by atoms with Crippen LogP contribution in [0.25, 0.3) is 0 Å². The zero-order valence-electron chi connectivity index (χ0n) is 5.59. The van der Waals surface area contributed by atoms with Crippen LogP contribution in [0.2, 0.25) is 0 Å². The first kappa shape index (κ1) is 6.16. The molecule has 0 bridgehead atoms. The maximum atomic E-state index is 3.10. The summed E-state index contributed by atoms with van der Waals surface area (Å²) in [5.41, 5.74) is 0. The first-order chi connectivity index (χ1) is 4.39. The van der Waals surface area contributed by atoms with Gasteiger partial charge in [-0.15, -0.1) is 0 Å². The van der Waals surface area contributed by atoms with E-state index >= 15 is 0 Å². The van der Waals surface area contributed by atoms with Crippen LogP contribution in [0.15, 0.2) is 24.3 Å². The quantitative estimate of drug-likeness (QED) is 0.427. The zero-order valence-corrected chi connectivity index (χ0v) is 5.59. The Morgan fingerprint density at radius 2 is 2.33 bits per heavy atom. The minimum Gasteiger partial charge on any atom is -0.0951 e. The second-order valence-electron chi connectivity index (χ2n) is 2.21. The smallest absolute Gasteiger partial charge is 0.0212 e. The van der Waals surface area contributed by atoms with Crippen molar-refractivity contribution in [1.82, 2.24) is 0 Å². The molecule has 0 saturated heterocycles. The van der Waals surface area contributed by atoms with Crippen LogP contribution in [-0.4, -0.2) is 0 Å². The molecule has 9 heavy (non-hydrogen) atoms. The lowest BCUT2D eigenvalue weighted by Gasteiger charge is -1.96. The molecule has 46 valence electrons. The van der Waals surface area contributed by atoms with Crippen molar-refractivity contribution in [3.8, 4) is 11.8 Å². The Bertz CT molecular complexity index is 186. The summed E-state index contributed by atoms with van der Waals surface area (Å²) in [4.78, 5) is 0. The number of hydrogen-bond donors (Lipinski definition) is 0. The van der Waals surface area contributed by atoms with Crippen LogP contribution in [0.3, 0.4) is 0 Å². The molecular weight excluding hydrogens is 108 g/mol. The molecule has 0 spiro atoms. The van der Waals surface area contributed by atoms with Crippen molar-refractivity contribution in [2.75, 3.05) is 0 Å². The highest BCUT2D eigenvalue weighted by atomic mass is 13.9. The van der Waals surface area contributed by atoms with Gasteiger partial charge in [-0.1, -0.05) is 37.0 Å². The van der Waals surface area contributed by atoms with Gasteiger partial charge in [-0.2, -0.15) is 0 Å². The summed E-state index contributed by atoms with van der Waals surface area (Å²) in [5, 5.41) is 0. The Balaban J connectivity index is 2.66. The van der Waals surface area contributed by atoms with Crippen LogP contribution in [0.1, 0.15) is 13.3 Å². The Kier molecular flexibility index (Phi) is 2.15. The lowest BCUT2D eigenvalue weighted by molar-refractivity contribution is 0.772. The first-order valence-corrected chi connectivity index (χ1v) is 3.22. The van der Waals surface area contributed by atoms with Crippen LogP contribution in [0, 0.1) is 17.8 Å². The Morgan fingerprint density at radius 3 is 3.22 bits per heavy atom. The summed E-state index contributed by atoms with van der Waals surface area (Å²) >= 11 is 0. The van der Waals surface area contributed by atoms with E-state index in [9.17, 15) is 0 Å². The highest BCUT2D eigenvalue weighted by molar-refractivity contribution is 5.23. The van der Waals surface area contributed by atoms with Crippen molar-refractivity contribution in [2.45, 2.75) is 13.3 Å². The average Bonchev–Trinajstić information content (AvgIpc) is 1.79. The fourth-order valence-electron chi connectivity index (χ4n) is 0.714. The molecule has 0 aliphatic heterocycles. The van der Waals surface area contributed by atoms with Crippen LogP contribution in [0.4, 0.5) is 0 Å². The fourth-order valence-corrected chi connectivity index (χ4v) is 0.714. The summed E-state index contributed by atoms with van der Waals surface area (Å²) in [6, 6.07) is 0. The molecule has 0 heterocycles. The minimum absolute atomic E-state index is 0.520. The van der Waals surface area contributed by atoms with Gasteiger partial charge in [0.2, 0.25) is 0 Å². The van der Waals surface area contributed by atoms with E-state index in [1.165, 1.54) is 0 Å². The molecule has 0 radical (unpaired) electrons. The largest absolute Gasteiger partial charge is 0.0951 e. The highest BCUT2D eigenvalue weighted by Gasteiger charge is 1.91. The molecule has 0 N–H and O–H groups in total. The van der Waals surface area contributed by atoms with Gasteiger partial charge >= 0.3 is 0 Å². The maximum absolute atomic E-state index is 3.10. The second-order valence-corrected chi connectivity index (χ2v) is 2.21. The third kappa shape index (κ3) is 2.19. The van der Waals surface area contributed by atoms with Crippen LogP contribution < -0.4 is 0 Å². The predicted octanol–water partition coefficient (Wildman–Crippen LogP) is 2.14. The van der Waals surface area contributed by atoms with Crippen LogP contribution >= 0.6 is 0 Å². The van der Waals surface area contributed by atoms with E-state index in [0.29, 0.717) is 5.92 Å². The molecule has 0 aromatic carbocycles. The van der Waals surface area contributed by atoms with Crippen molar-refractivity contribution in [1.29, 1.82) is 0 Å². The van der Waals surface area contributed by atoms with Crippen molar-refractivity contribution in [2.24, 2.45) is 5.92 Å². The summed E-state index contributed by atoms with van der Waals surface area (Å²) in [6.45, 7) is 2.14. The Hall–Kier alpha value is -0.960. The number of hydrogen-bond acceptors (Lipinski definition) is 0. The standard InChI is InChI=1S/C9H10/c1-9-7-5-3-2-4-6-8-9/h2-5,9H,7H2,1H3/b4-2-,5-3-/t9-/m0/s1.